The zero-order chi connectivity index (χ0) is 15.6. The normalized spacial score (nSPS) is 22.1. The average Bonchev–Trinajstić information content (AvgIpc) is 2.84. The third-order valence-corrected chi connectivity index (χ3v) is 5.36. The number of anilines is 1. The molecule has 1 atom stereocenters. The molecule has 0 bridgehead atoms. The third kappa shape index (κ3) is 3.62. The molecule has 0 aliphatic carbocycles. The Labute approximate surface area is 128 Å². The van der Waals surface area contributed by atoms with Crippen LogP contribution in [0.2, 0.25) is 0 Å². The van der Waals surface area contributed by atoms with Crippen molar-refractivity contribution in [1.29, 1.82) is 0 Å². The van der Waals surface area contributed by atoms with Crippen LogP contribution >= 0.6 is 0 Å². The first-order chi connectivity index (χ1) is 10.5. The predicted octanol–water partition coefficient (Wildman–Crippen LogP) is 0.173. The number of amides is 1. The molecule has 1 aromatic carbocycles. The number of rotatable bonds is 4. The van der Waals surface area contributed by atoms with Gasteiger partial charge < -0.3 is 20.1 Å². The zero-order valence-corrected chi connectivity index (χ0v) is 12.8. The molecule has 2 heterocycles. The molecule has 2 aliphatic heterocycles. The first kappa shape index (κ1) is 15.0. The Bertz CT molecular complexity index is 674. The van der Waals surface area contributed by atoms with Gasteiger partial charge in [-0.1, -0.05) is 0 Å². The van der Waals surface area contributed by atoms with Crippen molar-refractivity contribution in [3.05, 3.63) is 18.2 Å². The minimum Gasteiger partial charge on any atom is -0.486 e. The van der Waals surface area contributed by atoms with Crippen LogP contribution in [0.5, 0.6) is 11.5 Å². The van der Waals surface area contributed by atoms with Crippen LogP contribution in [0.15, 0.2) is 18.2 Å². The second-order valence-electron chi connectivity index (χ2n) is 5.38. The minimum atomic E-state index is -2.98. The summed E-state index contributed by atoms with van der Waals surface area (Å²) in [5.74, 6) is 1.30. The van der Waals surface area contributed by atoms with Gasteiger partial charge in [0.15, 0.2) is 21.3 Å². The fourth-order valence-electron chi connectivity index (χ4n) is 2.52. The summed E-state index contributed by atoms with van der Waals surface area (Å²) < 4.78 is 33.6. The molecule has 0 spiro atoms. The summed E-state index contributed by atoms with van der Waals surface area (Å²) in [6.45, 7) is 1.12. The first-order valence-corrected chi connectivity index (χ1v) is 8.97. The van der Waals surface area contributed by atoms with Crippen molar-refractivity contribution in [2.45, 2.75) is 12.5 Å². The number of benzene rings is 1. The summed E-state index contributed by atoms with van der Waals surface area (Å²) in [5.41, 5.74) is 0.749. The molecule has 2 aliphatic rings. The highest BCUT2D eigenvalue weighted by Gasteiger charge is 2.28. The lowest BCUT2D eigenvalue weighted by molar-refractivity contribution is -0.119. The fraction of sp³-hybridized carbons (Fsp3) is 0.500. The van der Waals surface area contributed by atoms with E-state index in [0.717, 1.165) is 5.69 Å². The molecule has 8 heteroatoms. The summed E-state index contributed by atoms with van der Waals surface area (Å²) in [6.07, 6.45) is 0.484. The van der Waals surface area contributed by atoms with E-state index in [0.29, 0.717) is 31.1 Å². The molecule has 1 fully saturated rings. The lowest BCUT2D eigenvalue weighted by Crippen LogP contribution is -2.39. The smallest absolute Gasteiger partial charge is 0.239 e. The second kappa shape index (κ2) is 6.04. The monoisotopic (exact) mass is 326 g/mol. The van der Waals surface area contributed by atoms with Crippen LogP contribution in [0.3, 0.4) is 0 Å². The second-order valence-corrected chi connectivity index (χ2v) is 7.61. The maximum absolute atomic E-state index is 11.8. The third-order valence-electron chi connectivity index (χ3n) is 3.59. The Hall–Kier alpha value is -1.96. The molecule has 2 N–H and O–H groups in total. The number of carbonyl (C=O) groups is 1. The SMILES string of the molecule is O=C(CNc1ccc2c(c1)OCCO2)N[C@@H]1CCS(=O)(=O)C1. The van der Waals surface area contributed by atoms with Gasteiger partial charge in [-0.2, -0.15) is 0 Å². The standard InChI is InChI=1S/C14H18N2O5S/c17-14(16-11-3-6-22(18,19)9-11)8-15-10-1-2-12-13(7-10)21-5-4-20-12/h1-2,7,11,15H,3-6,8-9H2,(H,16,17)/t11-/m1/s1. The summed E-state index contributed by atoms with van der Waals surface area (Å²) >= 11 is 0. The summed E-state index contributed by atoms with van der Waals surface area (Å²) in [5, 5.41) is 5.72. The van der Waals surface area contributed by atoms with Gasteiger partial charge in [0.05, 0.1) is 18.1 Å². The van der Waals surface area contributed by atoms with E-state index in [1.54, 1.807) is 18.2 Å². The molecule has 0 unspecified atom stereocenters. The summed E-state index contributed by atoms with van der Waals surface area (Å²) in [4.78, 5) is 11.8. The predicted molar refractivity (Wildman–Crippen MR) is 81.1 cm³/mol. The van der Waals surface area contributed by atoms with Crippen molar-refractivity contribution in [3.63, 3.8) is 0 Å². The Morgan fingerprint density at radius 1 is 1.23 bits per heavy atom. The highest BCUT2D eigenvalue weighted by molar-refractivity contribution is 7.91. The van der Waals surface area contributed by atoms with Gasteiger partial charge in [-0.3, -0.25) is 4.79 Å². The van der Waals surface area contributed by atoms with Crippen molar-refractivity contribution in [1.82, 2.24) is 5.32 Å². The summed E-state index contributed by atoms with van der Waals surface area (Å²) in [7, 11) is -2.98. The van der Waals surface area contributed by atoms with Crippen LogP contribution in [-0.4, -0.2) is 51.6 Å². The van der Waals surface area contributed by atoms with E-state index < -0.39 is 9.84 Å². The number of hydrogen-bond acceptors (Lipinski definition) is 6. The molecular formula is C14H18N2O5S. The van der Waals surface area contributed by atoms with Gasteiger partial charge in [-0.15, -0.1) is 0 Å². The minimum absolute atomic E-state index is 0.0305. The van der Waals surface area contributed by atoms with Gasteiger partial charge in [0.2, 0.25) is 5.91 Å². The quantitative estimate of drug-likeness (QED) is 0.819. The zero-order valence-electron chi connectivity index (χ0n) is 12.0. The highest BCUT2D eigenvalue weighted by atomic mass is 32.2. The van der Waals surface area contributed by atoms with E-state index in [2.05, 4.69) is 10.6 Å². The molecule has 22 heavy (non-hydrogen) atoms. The first-order valence-electron chi connectivity index (χ1n) is 7.15. The van der Waals surface area contributed by atoms with Crippen molar-refractivity contribution in [2.24, 2.45) is 0 Å². The molecule has 7 nitrogen and oxygen atoms in total. The van der Waals surface area contributed by atoms with Crippen molar-refractivity contribution in [3.8, 4) is 11.5 Å². The van der Waals surface area contributed by atoms with Crippen LogP contribution in [0, 0.1) is 0 Å². The maximum atomic E-state index is 11.8. The van der Waals surface area contributed by atoms with Crippen LogP contribution in [-0.2, 0) is 14.6 Å². The largest absolute Gasteiger partial charge is 0.486 e. The van der Waals surface area contributed by atoms with Crippen LogP contribution in [0.1, 0.15) is 6.42 Å². The Balaban J connectivity index is 1.51. The van der Waals surface area contributed by atoms with Crippen LogP contribution in [0.25, 0.3) is 0 Å². The lowest BCUT2D eigenvalue weighted by Gasteiger charge is -2.19. The molecular weight excluding hydrogens is 308 g/mol. The Morgan fingerprint density at radius 2 is 2.00 bits per heavy atom. The molecule has 1 saturated heterocycles. The van der Waals surface area contributed by atoms with Crippen molar-refractivity contribution >= 4 is 21.4 Å². The Kier molecular flexibility index (Phi) is 4.10. The van der Waals surface area contributed by atoms with E-state index >= 15 is 0 Å². The topological polar surface area (TPSA) is 93.7 Å². The summed E-state index contributed by atoms with van der Waals surface area (Å²) in [6, 6.07) is 5.10. The van der Waals surface area contributed by atoms with Gasteiger partial charge in [-0.25, -0.2) is 8.42 Å². The number of ether oxygens (including phenoxy) is 2. The van der Waals surface area contributed by atoms with Gasteiger partial charge >= 0.3 is 0 Å². The molecule has 120 valence electrons. The average molecular weight is 326 g/mol. The number of carbonyl (C=O) groups excluding carboxylic acids is 1. The number of hydrogen-bond donors (Lipinski definition) is 2. The number of fused-ring (bicyclic) bond motifs is 1. The molecule has 1 aromatic rings. The van der Waals surface area contributed by atoms with Gasteiger partial charge in [0, 0.05) is 17.8 Å². The highest BCUT2D eigenvalue weighted by Crippen LogP contribution is 2.32. The number of nitrogens with one attached hydrogen (secondary N) is 2. The lowest BCUT2D eigenvalue weighted by atomic mass is 10.2. The van der Waals surface area contributed by atoms with E-state index in [4.69, 9.17) is 9.47 Å². The van der Waals surface area contributed by atoms with Crippen molar-refractivity contribution < 1.29 is 22.7 Å². The van der Waals surface area contributed by atoms with Crippen molar-refractivity contribution in [2.75, 3.05) is 36.6 Å². The fourth-order valence-corrected chi connectivity index (χ4v) is 4.20. The number of sulfone groups is 1. The van der Waals surface area contributed by atoms with E-state index in [1.807, 2.05) is 0 Å². The van der Waals surface area contributed by atoms with Crippen LogP contribution < -0.4 is 20.1 Å². The van der Waals surface area contributed by atoms with E-state index in [-0.39, 0.29) is 30.0 Å². The molecule has 1 amide bonds. The Morgan fingerprint density at radius 3 is 2.73 bits per heavy atom. The maximum Gasteiger partial charge on any atom is 0.239 e. The van der Waals surface area contributed by atoms with Crippen LogP contribution in [0.4, 0.5) is 5.69 Å². The molecule has 0 saturated carbocycles. The van der Waals surface area contributed by atoms with Gasteiger partial charge in [0.25, 0.3) is 0 Å². The van der Waals surface area contributed by atoms with E-state index in [1.165, 1.54) is 0 Å². The van der Waals surface area contributed by atoms with E-state index in [9.17, 15) is 13.2 Å². The van der Waals surface area contributed by atoms with Gasteiger partial charge in [0.1, 0.15) is 13.2 Å². The van der Waals surface area contributed by atoms with Gasteiger partial charge in [-0.05, 0) is 18.6 Å². The molecule has 0 radical (unpaired) electrons. The molecule has 0 aromatic heterocycles. The molecule has 3 rings (SSSR count).